The highest BCUT2D eigenvalue weighted by Crippen LogP contribution is 2.31. The first-order chi connectivity index (χ1) is 12.0. The summed E-state index contributed by atoms with van der Waals surface area (Å²) in [4.78, 5) is 22.8. The number of amides is 1. The topological polar surface area (TPSA) is 110 Å². The second kappa shape index (κ2) is 7.21. The first-order valence-corrected chi connectivity index (χ1v) is 8.19. The van der Waals surface area contributed by atoms with Crippen LogP contribution in [0.3, 0.4) is 0 Å². The Kier molecular flexibility index (Phi) is 4.83. The number of nitro groups is 1. The summed E-state index contributed by atoms with van der Waals surface area (Å²) in [6.07, 6.45) is 2.81. The summed E-state index contributed by atoms with van der Waals surface area (Å²) in [5.74, 6) is -0.201. The van der Waals surface area contributed by atoms with Gasteiger partial charge in [-0.05, 0) is 48.6 Å². The zero-order chi connectivity index (χ0) is 17.8. The van der Waals surface area contributed by atoms with Gasteiger partial charge in [0.05, 0.1) is 17.5 Å². The SMILES string of the molecule is Nc1ccc2c(c1)CCCC2NC(=O)CNc1ccccc1[N+](=O)[O-]. The molecule has 7 nitrogen and oxygen atoms in total. The van der Waals surface area contributed by atoms with Gasteiger partial charge in [0.2, 0.25) is 5.91 Å². The van der Waals surface area contributed by atoms with Gasteiger partial charge in [0.25, 0.3) is 5.69 Å². The second-order valence-corrected chi connectivity index (χ2v) is 6.10. The molecule has 1 aliphatic carbocycles. The molecule has 2 aromatic rings. The largest absolute Gasteiger partial charge is 0.399 e. The fourth-order valence-electron chi connectivity index (χ4n) is 3.19. The van der Waals surface area contributed by atoms with Gasteiger partial charge in [-0.2, -0.15) is 0 Å². The molecule has 1 atom stereocenters. The molecule has 0 heterocycles. The lowest BCUT2D eigenvalue weighted by Crippen LogP contribution is -2.35. The Morgan fingerprint density at radius 1 is 1.28 bits per heavy atom. The lowest BCUT2D eigenvalue weighted by molar-refractivity contribution is -0.383. The van der Waals surface area contributed by atoms with Crippen LogP contribution in [0, 0.1) is 10.1 Å². The molecule has 25 heavy (non-hydrogen) atoms. The van der Waals surface area contributed by atoms with E-state index >= 15 is 0 Å². The van der Waals surface area contributed by atoms with Crippen molar-refractivity contribution in [1.29, 1.82) is 0 Å². The number of nitrogens with two attached hydrogens (primary N) is 1. The minimum atomic E-state index is -0.470. The fourth-order valence-corrected chi connectivity index (χ4v) is 3.19. The van der Waals surface area contributed by atoms with Gasteiger partial charge in [-0.1, -0.05) is 18.2 Å². The van der Waals surface area contributed by atoms with E-state index in [2.05, 4.69) is 10.6 Å². The van der Waals surface area contributed by atoms with Gasteiger partial charge in [-0.25, -0.2) is 0 Å². The molecule has 2 aromatic carbocycles. The van der Waals surface area contributed by atoms with E-state index in [0.717, 1.165) is 30.5 Å². The molecule has 0 radical (unpaired) electrons. The number of carbonyl (C=O) groups excluding carboxylic acids is 1. The monoisotopic (exact) mass is 340 g/mol. The number of para-hydroxylation sites is 2. The van der Waals surface area contributed by atoms with Crippen LogP contribution in [-0.4, -0.2) is 17.4 Å². The van der Waals surface area contributed by atoms with E-state index in [-0.39, 0.29) is 24.2 Å². The molecule has 0 bridgehead atoms. The molecular weight excluding hydrogens is 320 g/mol. The van der Waals surface area contributed by atoms with Gasteiger partial charge in [0.15, 0.2) is 0 Å². The number of benzene rings is 2. The van der Waals surface area contributed by atoms with E-state index in [0.29, 0.717) is 5.69 Å². The lowest BCUT2D eigenvalue weighted by atomic mass is 9.87. The normalized spacial score (nSPS) is 15.9. The molecule has 1 unspecified atom stereocenters. The van der Waals surface area contributed by atoms with Crippen LogP contribution in [0.5, 0.6) is 0 Å². The van der Waals surface area contributed by atoms with Crippen molar-refractivity contribution in [3.8, 4) is 0 Å². The molecule has 3 rings (SSSR count). The molecule has 0 saturated heterocycles. The first kappa shape index (κ1) is 16.8. The first-order valence-electron chi connectivity index (χ1n) is 8.19. The molecule has 0 aliphatic heterocycles. The van der Waals surface area contributed by atoms with Crippen molar-refractivity contribution in [3.63, 3.8) is 0 Å². The standard InChI is InChI=1S/C18H20N4O3/c19-13-8-9-14-12(10-13)4-3-6-15(14)21-18(23)11-20-16-5-1-2-7-17(16)22(24)25/h1-2,5,7-10,15,20H,3-4,6,11,19H2,(H,21,23). The summed E-state index contributed by atoms with van der Waals surface area (Å²) in [6, 6.07) is 12.0. The third kappa shape index (κ3) is 3.88. The summed E-state index contributed by atoms with van der Waals surface area (Å²) in [5.41, 5.74) is 9.10. The summed E-state index contributed by atoms with van der Waals surface area (Å²) in [7, 11) is 0. The molecule has 0 fully saturated rings. The van der Waals surface area contributed by atoms with Gasteiger partial charge < -0.3 is 16.4 Å². The number of fused-ring (bicyclic) bond motifs is 1. The molecular formula is C18H20N4O3. The number of carbonyl (C=O) groups is 1. The number of nitro benzene ring substituents is 1. The fraction of sp³-hybridized carbons (Fsp3) is 0.278. The zero-order valence-electron chi connectivity index (χ0n) is 13.7. The van der Waals surface area contributed by atoms with Crippen LogP contribution < -0.4 is 16.4 Å². The Labute approximate surface area is 145 Å². The molecule has 1 aliphatic rings. The van der Waals surface area contributed by atoms with E-state index < -0.39 is 4.92 Å². The van der Waals surface area contributed by atoms with Gasteiger partial charge in [0.1, 0.15) is 5.69 Å². The maximum Gasteiger partial charge on any atom is 0.292 e. The second-order valence-electron chi connectivity index (χ2n) is 6.10. The van der Waals surface area contributed by atoms with Gasteiger partial charge >= 0.3 is 0 Å². The summed E-state index contributed by atoms with van der Waals surface area (Å²) >= 11 is 0. The highest BCUT2D eigenvalue weighted by Gasteiger charge is 2.22. The van der Waals surface area contributed by atoms with Crippen molar-refractivity contribution in [3.05, 3.63) is 63.7 Å². The van der Waals surface area contributed by atoms with Crippen LogP contribution >= 0.6 is 0 Å². The van der Waals surface area contributed by atoms with E-state index in [1.54, 1.807) is 18.2 Å². The van der Waals surface area contributed by atoms with Crippen molar-refractivity contribution in [1.82, 2.24) is 5.32 Å². The summed E-state index contributed by atoms with van der Waals surface area (Å²) in [5, 5.41) is 16.8. The average molecular weight is 340 g/mol. The number of hydrogen-bond acceptors (Lipinski definition) is 5. The Balaban J connectivity index is 1.64. The molecule has 4 N–H and O–H groups in total. The molecule has 0 saturated carbocycles. The Morgan fingerprint density at radius 2 is 2.08 bits per heavy atom. The van der Waals surface area contributed by atoms with Crippen LogP contribution in [0.2, 0.25) is 0 Å². The van der Waals surface area contributed by atoms with E-state index in [9.17, 15) is 14.9 Å². The van der Waals surface area contributed by atoms with Crippen molar-refractivity contribution in [2.24, 2.45) is 0 Å². The lowest BCUT2D eigenvalue weighted by Gasteiger charge is -2.26. The number of nitrogens with zero attached hydrogens (tertiary/aromatic N) is 1. The quantitative estimate of drug-likeness (QED) is 0.440. The maximum atomic E-state index is 12.3. The number of rotatable bonds is 5. The average Bonchev–Trinajstić information content (AvgIpc) is 2.60. The van der Waals surface area contributed by atoms with Crippen LogP contribution in [0.1, 0.15) is 30.0 Å². The highest BCUT2D eigenvalue weighted by molar-refractivity contribution is 5.82. The maximum absolute atomic E-state index is 12.3. The van der Waals surface area contributed by atoms with Gasteiger partial charge in [0, 0.05) is 11.8 Å². The van der Waals surface area contributed by atoms with Gasteiger partial charge in [-0.3, -0.25) is 14.9 Å². The van der Waals surface area contributed by atoms with Crippen molar-refractivity contribution in [2.45, 2.75) is 25.3 Å². The van der Waals surface area contributed by atoms with Crippen LogP contribution in [0.4, 0.5) is 17.1 Å². The molecule has 130 valence electrons. The Hall–Kier alpha value is -3.09. The molecule has 7 heteroatoms. The van der Waals surface area contributed by atoms with Crippen molar-refractivity contribution < 1.29 is 9.72 Å². The Bertz CT molecular complexity index is 807. The van der Waals surface area contributed by atoms with Crippen LogP contribution in [0.25, 0.3) is 0 Å². The van der Waals surface area contributed by atoms with E-state index in [4.69, 9.17) is 5.73 Å². The predicted octanol–water partition coefficient (Wildman–Crippen LogP) is 2.78. The van der Waals surface area contributed by atoms with Gasteiger partial charge in [-0.15, -0.1) is 0 Å². The molecule has 1 amide bonds. The summed E-state index contributed by atoms with van der Waals surface area (Å²) < 4.78 is 0. The van der Waals surface area contributed by atoms with Crippen LogP contribution in [-0.2, 0) is 11.2 Å². The smallest absolute Gasteiger partial charge is 0.292 e. The molecule has 0 spiro atoms. The zero-order valence-corrected chi connectivity index (χ0v) is 13.7. The minimum absolute atomic E-state index is 0.0222. The third-order valence-corrected chi connectivity index (χ3v) is 4.36. The number of aryl methyl sites for hydroxylation is 1. The number of hydrogen-bond donors (Lipinski definition) is 3. The summed E-state index contributed by atoms with van der Waals surface area (Å²) in [6.45, 7) is -0.0222. The third-order valence-electron chi connectivity index (χ3n) is 4.36. The van der Waals surface area contributed by atoms with E-state index in [1.165, 1.54) is 11.6 Å². The van der Waals surface area contributed by atoms with Crippen LogP contribution in [0.15, 0.2) is 42.5 Å². The number of anilines is 2. The van der Waals surface area contributed by atoms with Crippen molar-refractivity contribution in [2.75, 3.05) is 17.6 Å². The highest BCUT2D eigenvalue weighted by atomic mass is 16.6. The predicted molar refractivity (Wildman–Crippen MR) is 96.3 cm³/mol. The Morgan fingerprint density at radius 3 is 2.88 bits per heavy atom. The number of nitrogens with one attached hydrogen (secondary N) is 2. The minimum Gasteiger partial charge on any atom is -0.399 e. The van der Waals surface area contributed by atoms with Crippen molar-refractivity contribution >= 4 is 23.0 Å². The number of nitrogen functional groups attached to an aromatic ring is 1. The molecule has 0 aromatic heterocycles. The van der Waals surface area contributed by atoms with E-state index in [1.807, 2.05) is 18.2 Å².